The molecule has 1 saturated carbocycles. The van der Waals surface area contributed by atoms with Gasteiger partial charge in [0.05, 0.1) is 13.2 Å². The van der Waals surface area contributed by atoms with E-state index < -0.39 is 0 Å². The lowest BCUT2D eigenvalue weighted by Gasteiger charge is -2.32. The van der Waals surface area contributed by atoms with E-state index in [1.165, 1.54) is 51.7 Å². The Morgan fingerprint density at radius 1 is 1.13 bits per heavy atom. The smallest absolute Gasteiger partial charge is 0.191 e. The second-order valence-corrected chi connectivity index (χ2v) is 8.56. The van der Waals surface area contributed by atoms with Gasteiger partial charge in [-0.3, -0.25) is 4.99 Å². The van der Waals surface area contributed by atoms with E-state index in [0.717, 1.165) is 48.3 Å². The van der Waals surface area contributed by atoms with Gasteiger partial charge in [0.2, 0.25) is 0 Å². The summed E-state index contributed by atoms with van der Waals surface area (Å²) in [6.45, 7) is 7.57. The summed E-state index contributed by atoms with van der Waals surface area (Å²) in [5, 5.41) is 6.99. The molecular formula is C24H41IN4O2. The molecule has 1 aliphatic heterocycles. The van der Waals surface area contributed by atoms with Gasteiger partial charge in [-0.1, -0.05) is 19.1 Å². The lowest BCUT2D eigenvalue weighted by molar-refractivity contribution is 0.185. The predicted octanol–water partition coefficient (Wildman–Crippen LogP) is 4.42. The summed E-state index contributed by atoms with van der Waals surface area (Å²) >= 11 is 0. The molecule has 176 valence electrons. The van der Waals surface area contributed by atoms with Gasteiger partial charge >= 0.3 is 0 Å². The summed E-state index contributed by atoms with van der Waals surface area (Å²) in [7, 11) is 3.54. The maximum atomic E-state index is 6.35. The molecule has 1 aliphatic carbocycles. The molecule has 0 radical (unpaired) electrons. The fourth-order valence-corrected chi connectivity index (χ4v) is 4.54. The molecule has 0 aromatic heterocycles. The van der Waals surface area contributed by atoms with E-state index in [1.54, 1.807) is 7.11 Å². The monoisotopic (exact) mass is 544 g/mol. The number of nitrogens with zero attached hydrogens (tertiary/aromatic N) is 2. The number of ether oxygens (including phenoxy) is 2. The van der Waals surface area contributed by atoms with E-state index >= 15 is 0 Å². The van der Waals surface area contributed by atoms with Gasteiger partial charge in [0.1, 0.15) is 0 Å². The molecule has 3 rings (SSSR count). The Hall–Kier alpha value is -1.22. The van der Waals surface area contributed by atoms with Crippen molar-refractivity contribution in [1.29, 1.82) is 0 Å². The fourth-order valence-electron chi connectivity index (χ4n) is 4.54. The Morgan fingerprint density at radius 3 is 2.52 bits per heavy atom. The summed E-state index contributed by atoms with van der Waals surface area (Å²) in [6.07, 6.45) is 8.84. The van der Waals surface area contributed by atoms with Gasteiger partial charge in [-0.05, 0) is 76.6 Å². The SMILES string of the molecule is CCCN1CCC(CNC(=NC)NCc2cccc(OC)c2OC2CCCC2)CC1.I. The summed E-state index contributed by atoms with van der Waals surface area (Å²) in [5.41, 5.74) is 1.11. The lowest BCUT2D eigenvalue weighted by Crippen LogP contribution is -2.42. The maximum Gasteiger partial charge on any atom is 0.191 e. The first kappa shape index (κ1) is 26.0. The van der Waals surface area contributed by atoms with Crippen LogP contribution in [-0.2, 0) is 6.54 Å². The molecule has 0 amide bonds. The highest BCUT2D eigenvalue weighted by atomic mass is 127. The van der Waals surface area contributed by atoms with E-state index in [9.17, 15) is 0 Å². The van der Waals surface area contributed by atoms with Crippen LogP contribution in [0.4, 0.5) is 0 Å². The molecule has 1 saturated heterocycles. The van der Waals surface area contributed by atoms with Gasteiger partial charge in [0, 0.05) is 25.7 Å². The highest BCUT2D eigenvalue weighted by Gasteiger charge is 2.21. The Kier molecular flexibility index (Phi) is 11.8. The zero-order valence-electron chi connectivity index (χ0n) is 19.5. The Balaban J connectivity index is 0.00000341. The van der Waals surface area contributed by atoms with Crippen molar-refractivity contribution >= 4 is 29.9 Å². The minimum absolute atomic E-state index is 0. The normalized spacial score (nSPS) is 18.5. The van der Waals surface area contributed by atoms with Crippen LogP contribution in [-0.4, -0.2) is 57.3 Å². The van der Waals surface area contributed by atoms with E-state index in [-0.39, 0.29) is 24.0 Å². The average molecular weight is 545 g/mol. The standard InChI is InChI=1S/C24H40N4O2.HI/c1-4-14-28-15-12-19(13-16-28)17-26-24(25-2)27-18-20-8-7-11-22(29-3)23(20)30-21-9-5-6-10-21;/h7-8,11,19,21H,4-6,9-10,12-18H2,1-3H3,(H2,25,26,27);1H. The molecule has 0 spiro atoms. The van der Waals surface area contributed by atoms with Crippen molar-refractivity contribution in [1.82, 2.24) is 15.5 Å². The van der Waals surface area contributed by atoms with Crippen molar-refractivity contribution in [2.24, 2.45) is 10.9 Å². The number of nitrogens with one attached hydrogen (secondary N) is 2. The van der Waals surface area contributed by atoms with Crippen molar-refractivity contribution in [2.75, 3.05) is 40.3 Å². The van der Waals surface area contributed by atoms with Gasteiger partial charge in [-0.25, -0.2) is 0 Å². The second-order valence-electron chi connectivity index (χ2n) is 8.56. The molecule has 31 heavy (non-hydrogen) atoms. The van der Waals surface area contributed by atoms with Gasteiger partial charge in [-0.2, -0.15) is 0 Å². The van der Waals surface area contributed by atoms with Crippen LogP contribution in [0.15, 0.2) is 23.2 Å². The number of rotatable bonds is 9. The molecule has 1 aromatic rings. The molecule has 6 nitrogen and oxygen atoms in total. The lowest BCUT2D eigenvalue weighted by atomic mass is 9.97. The number of piperidine rings is 1. The second kappa shape index (κ2) is 14.0. The number of hydrogen-bond acceptors (Lipinski definition) is 4. The molecule has 2 aliphatic rings. The minimum Gasteiger partial charge on any atom is -0.493 e. The molecule has 1 aromatic carbocycles. The van der Waals surface area contributed by atoms with E-state index in [2.05, 4.69) is 33.5 Å². The average Bonchev–Trinajstić information content (AvgIpc) is 3.29. The van der Waals surface area contributed by atoms with Crippen molar-refractivity contribution in [3.63, 3.8) is 0 Å². The van der Waals surface area contributed by atoms with Crippen LogP contribution in [0.2, 0.25) is 0 Å². The number of likely N-dealkylation sites (tertiary alicyclic amines) is 1. The van der Waals surface area contributed by atoms with Crippen LogP contribution >= 0.6 is 24.0 Å². The number of para-hydroxylation sites is 1. The Bertz CT molecular complexity index is 672. The van der Waals surface area contributed by atoms with Crippen molar-refractivity contribution in [3.8, 4) is 11.5 Å². The largest absolute Gasteiger partial charge is 0.493 e. The van der Waals surface area contributed by atoms with Crippen LogP contribution in [0, 0.1) is 5.92 Å². The maximum absolute atomic E-state index is 6.35. The summed E-state index contributed by atoms with van der Waals surface area (Å²) in [4.78, 5) is 7.00. The van der Waals surface area contributed by atoms with Gasteiger partial charge in [-0.15, -0.1) is 24.0 Å². The Labute approximate surface area is 205 Å². The zero-order valence-corrected chi connectivity index (χ0v) is 21.8. The molecule has 0 bridgehead atoms. The van der Waals surface area contributed by atoms with E-state index in [4.69, 9.17) is 9.47 Å². The molecule has 0 atom stereocenters. The summed E-state index contributed by atoms with van der Waals surface area (Å²) in [5.74, 6) is 3.25. The molecule has 0 unspecified atom stereocenters. The summed E-state index contributed by atoms with van der Waals surface area (Å²) < 4.78 is 11.9. The third kappa shape index (κ3) is 8.00. The molecule has 2 N–H and O–H groups in total. The van der Waals surface area contributed by atoms with Gasteiger partial charge in [0.25, 0.3) is 0 Å². The first-order chi connectivity index (χ1) is 14.7. The molecule has 2 fully saturated rings. The van der Waals surface area contributed by atoms with Crippen LogP contribution in [0.25, 0.3) is 0 Å². The van der Waals surface area contributed by atoms with Gasteiger partial charge in [0.15, 0.2) is 17.5 Å². The quantitative estimate of drug-likeness (QED) is 0.274. The first-order valence-electron chi connectivity index (χ1n) is 11.7. The van der Waals surface area contributed by atoms with Crippen LogP contribution in [0.1, 0.15) is 57.4 Å². The molecular weight excluding hydrogens is 503 g/mol. The first-order valence-corrected chi connectivity index (χ1v) is 11.7. The number of methoxy groups -OCH3 is 1. The van der Waals surface area contributed by atoms with Crippen LogP contribution < -0.4 is 20.1 Å². The number of aliphatic imine (C=N–C) groups is 1. The minimum atomic E-state index is 0. The fraction of sp³-hybridized carbons (Fsp3) is 0.708. The molecule has 1 heterocycles. The van der Waals surface area contributed by atoms with Crippen LogP contribution in [0.3, 0.4) is 0 Å². The third-order valence-electron chi connectivity index (χ3n) is 6.34. The number of benzene rings is 1. The third-order valence-corrected chi connectivity index (χ3v) is 6.34. The molecule has 7 heteroatoms. The van der Waals surface area contributed by atoms with Gasteiger partial charge < -0.3 is 25.0 Å². The van der Waals surface area contributed by atoms with Crippen LogP contribution in [0.5, 0.6) is 11.5 Å². The zero-order chi connectivity index (χ0) is 21.2. The van der Waals surface area contributed by atoms with Crippen molar-refractivity contribution in [3.05, 3.63) is 23.8 Å². The van der Waals surface area contributed by atoms with E-state index in [0.29, 0.717) is 12.6 Å². The highest BCUT2D eigenvalue weighted by molar-refractivity contribution is 14.0. The topological polar surface area (TPSA) is 58.1 Å². The number of guanidine groups is 1. The predicted molar refractivity (Wildman–Crippen MR) is 139 cm³/mol. The van der Waals surface area contributed by atoms with Crippen molar-refractivity contribution < 1.29 is 9.47 Å². The highest BCUT2D eigenvalue weighted by Crippen LogP contribution is 2.34. The van der Waals surface area contributed by atoms with Crippen molar-refractivity contribution in [2.45, 2.75) is 64.5 Å². The van der Waals surface area contributed by atoms with E-state index in [1.807, 2.05) is 19.2 Å². The number of halogens is 1. The summed E-state index contributed by atoms with van der Waals surface area (Å²) in [6, 6.07) is 6.11. The number of hydrogen-bond donors (Lipinski definition) is 2. The Morgan fingerprint density at radius 2 is 1.87 bits per heavy atom.